The summed E-state index contributed by atoms with van der Waals surface area (Å²) in [6, 6.07) is 28.5. The Hall–Kier alpha value is -2.99. The average Bonchev–Trinajstić information content (AvgIpc) is 3.73. The van der Waals surface area contributed by atoms with Gasteiger partial charge in [0.1, 0.15) is 23.7 Å². The molecule has 2 saturated heterocycles. The Balaban J connectivity index is 0.000000151. The molecule has 2 fully saturated rings. The minimum Gasteiger partial charge on any atom is -0.508 e. The highest BCUT2D eigenvalue weighted by Gasteiger charge is 2.26. The lowest BCUT2D eigenvalue weighted by Gasteiger charge is -2.14. The van der Waals surface area contributed by atoms with E-state index in [1.54, 1.807) is 31.2 Å². The first-order chi connectivity index (χ1) is 15.6. The summed E-state index contributed by atoms with van der Waals surface area (Å²) < 4.78 is 15.1. The third-order valence-corrected chi connectivity index (χ3v) is 4.84. The molecular weight excluding hydrogens is 404 g/mol. The van der Waals surface area contributed by atoms with E-state index < -0.39 is 0 Å². The van der Waals surface area contributed by atoms with Gasteiger partial charge in [0.15, 0.2) is 0 Å². The summed E-state index contributed by atoms with van der Waals surface area (Å²) in [5, 5.41) is 8.63. The van der Waals surface area contributed by atoms with Crippen molar-refractivity contribution in [3.63, 3.8) is 0 Å². The highest BCUT2D eigenvalue weighted by atomic mass is 16.6. The van der Waals surface area contributed by atoms with Gasteiger partial charge < -0.3 is 19.3 Å². The van der Waals surface area contributed by atoms with Gasteiger partial charge in [0.05, 0.1) is 32.3 Å². The monoisotopic (exact) mass is 434 g/mol. The molecule has 168 valence electrons. The molecule has 0 bridgehead atoms. The second-order valence-corrected chi connectivity index (χ2v) is 7.65. The average molecular weight is 435 g/mol. The number of ketones is 1. The van der Waals surface area contributed by atoms with Gasteiger partial charge in [0, 0.05) is 0 Å². The molecule has 3 aromatic rings. The molecule has 0 radical (unpaired) electrons. The van der Waals surface area contributed by atoms with Gasteiger partial charge in [-0.1, -0.05) is 78.9 Å². The molecule has 2 aliphatic heterocycles. The minimum absolute atomic E-state index is 0.137. The van der Waals surface area contributed by atoms with Crippen LogP contribution in [0.3, 0.4) is 0 Å². The van der Waals surface area contributed by atoms with Gasteiger partial charge >= 0.3 is 0 Å². The molecule has 5 nitrogen and oxygen atoms in total. The summed E-state index contributed by atoms with van der Waals surface area (Å²) in [4.78, 5) is 11.7. The third-order valence-electron chi connectivity index (χ3n) is 4.84. The maximum absolute atomic E-state index is 11.7. The highest BCUT2D eigenvalue weighted by molar-refractivity contribution is 5.86. The molecule has 5 heteroatoms. The van der Waals surface area contributed by atoms with Gasteiger partial charge in [0.2, 0.25) is 0 Å². The van der Waals surface area contributed by atoms with Crippen LogP contribution < -0.4 is 0 Å². The smallest absolute Gasteiger partial charge is 0.141 e. The van der Waals surface area contributed by atoms with Gasteiger partial charge in [-0.25, -0.2) is 0 Å². The molecule has 0 aromatic heterocycles. The van der Waals surface area contributed by atoms with E-state index in [1.165, 1.54) is 0 Å². The van der Waals surface area contributed by atoms with Crippen LogP contribution >= 0.6 is 0 Å². The first-order valence-corrected chi connectivity index (χ1v) is 10.8. The van der Waals surface area contributed by atoms with Gasteiger partial charge in [-0.05, 0) is 30.2 Å². The molecule has 2 heterocycles. The van der Waals surface area contributed by atoms with Crippen LogP contribution in [0.2, 0.25) is 0 Å². The predicted octanol–water partition coefficient (Wildman–Crippen LogP) is 4.60. The Bertz CT molecular complexity index is 855. The second-order valence-electron chi connectivity index (χ2n) is 7.65. The van der Waals surface area contributed by atoms with Crippen molar-refractivity contribution in [2.24, 2.45) is 0 Å². The van der Waals surface area contributed by atoms with Crippen molar-refractivity contribution in [2.75, 3.05) is 26.4 Å². The van der Waals surface area contributed by atoms with Crippen LogP contribution in [0.15, 0.2) is 91.0 Å². The fraction of sp³-hybridized carbons (Fsp3) is 0.296. The number of ether oxygens (including phenoxy) is 3. The molecule has 0 saturated carbocycles. The number of carbonyl (C=O) groups excluding carboxylic acids is 1. The summed E-state index contributed by atoms with van der Waals surface area (Å²) in [7, 11) is 0. The van der Waals surface area contributed by atoms with Crippen LogP contribution in [0.1, 0.15) is 24.0 Å². The minimum atomic E-state index is -0.137. The topological polar surface area (TPSA) is 71.6 Å². The molecule has 0 aliphatic carbocycles. The zero-order valence-corrected chi connectivity index (χ0v) is 18.3. The molecule has 1 N–H and O–H groups in total. The van der Waals surface area contributed by atoms with E-state index >= 15 is 0 Å². The number of phenols is 1. The van der Waals surface area contributed by atoms with Crippen molar-refractivity contribution >= 4 is 5.78 Å². The zero-order valence-electron chi connectivity index (χ0n) is 18.3. The van der Waals surface area contributed by atoms with Crippen molar-refractivity contribution < 1.29 is 24.1 Å². The highest BCUT2D eigenvalue weighted by Crippen LogP contribution is 2.25. The lowest BCUT2D eigenvalue weighted by atomic mass is 9.88. The van der Waals surface area contributed by atoms with Crippen LogP contribution in [0.4, 0.5) is 0 Å². The van der Waals surface area contributed by atoms with E-state index in [1.807, 2.05) is 66.7 Å². The number of rotatable bonds is 7. The van der Waals surface area contributed by atoms with Crippen LogP contribution in [-0.2, 0) is 19.0 Å². The van der Waals surface area contributed by atoms with Crippen molar-refractivity contribution in [1.82, 2.24) is 0 Å². The first kappa shape index (κ1) is 23.7. The maximum Gasteiger partial charge on any atom is 0.141 e. The summed E-state index contributed by atoms with van der Waals surface area (Å²) in [6.07, 6.45) is 0.785. The quantitative estimate of drug-likeness (QED) is 0.550. The molecule has 32 heavy (non-hydrogen) atoms. The van der Waals surface area contributed by atoms with Crippen LogP contribution in [0.25, 0.3) is 0 Å². The lowest BCUT2D eigenvalue weighted by Crippen LogP contribution is -2.10. The summed E-state index contributed by atoms with van der Waals surface area (Å²) in [5.74, 6) is 0.363. The van der Waals surface area contributed by atoms with Crippen molar-refractivity contribution in [3.8, 4) is 5.75 Å². The first-order valence-electron chi connectivity index (χ1n) is 10.8. The van der Waals surface area contributed by atoms with Crippen LogP contribution in [0, 0.1) is 0 Å². The lowest BCUT2D eigenvalue weighted by molar-refractivity contribution is -0.117. The number of hydrogen-bond acceptors (Lipinski definition) is 5. The van der Waals surface area contributed by atoms with Crippen molar-refractivity contribution in [2.45, 2.75) is 25.0 Å². The fourth-order valence-electron chi connectivity index (χ4n) is 3.04. The molecule has 2 atom stereocenters. The summed E-state index contributed by atoms with van der Waals surface area (Å²) in [5.41, 5.74) is 2.11. The van der Waals surface area contributed by atoms with Crippen molar-refractivity contribution in [1.29, 1.82) is 0 Å². The van der Waals surface area contributed by atoms with Gasteiger partial charge in [-0.3, -0.25) is 4.79 Å². The van der Waals surface area contributed by atoms with Crippen LogP contribution in [0.5, 0.6) is 5.75 Å². The predicted molar refractivity (Wildman–Crippen MR) is 124 cm³/mol. The van der Waals surface area contributed by atoms with Crippen LogP contribution in [-0.4, -0.2) is 49.5 Å². The molecule has 2 unspecified atom stereocenters. The van der Waals surface area contributed by atoms with Gasteiger partial charge in [-0.15, -0.1) is 0 Å². The number of Topliss-reactive ketones (excluding diaryl/α,β-unsaturated/α-hetero) is 1. The molecule has 3 aromatic carbocycles. The standard InChI is InChI=1S/C15H14O.C6H10O3.C6H6O/c1-12(16)15(13-8-4-2-5-9-13)14-10-6-3-7-11-14;1(5-3-8-5)7-2-6-4-9-6;7-6-4-2-1-3-5-6/h2-11,15H,1H3;5-6H,1-4H2;1-5,7H. The molecule has 0 spiro atoms. The number of carbonyl (C=O) groups is 1. The normalized spacial score (nSPS) is 17.9. The molecule has 0 amide bonds. The van der Waals surface area contributed by atoms with E-state index in [9.17, 15) is 4.79 Å². The van der Waals surface area contributed by atoms with E-state index in [0.717, 1.165) is 37.6 Å². The maximum atomic E-state index is 11.7. The SMILES string of the molecule is C(OCC1CO1)C1CO1.CC(=O)C(c1ccccc1)c1ccccc1.Oc1ccccc1. The fourth-order valence-corrected chi connectivity index (χ4v) is 3.04. The molecular formula is C27H30O5. The van der Waals surface area contributed by atoms with E-state index in [-0.39, 0.29) is 11.7 Å². The Labute approximate surface area is 189 Å². The summed E-state index contributed by atoms with van der Waals surface area (Å²) >= 11 is 0. The largest absolute Gasteiger partial charge is 0.508 e. The second kappa shape index (κ2) is 12.8. The summed E-state index contributed by atoms with van der Waals surface area (Å²) in [6.45, 7) is 4.90. The van der Waals surface area contributed by atoms with E-state index in [4.69, 9.17) is 19.3 Å². The van der Waals surface area contributed by atoms with Gasteiger partial charge in [0.25, 0.3) is 0 Å². The Morgan fingerprint density at radius 3 is 1.47 bits per heavy atom. The number of epoxide rings is 2. The van der Waals surface area contributed by atoms with Crippen molar-refractivity contribution in [3.05, 3.63) is 102 Å². The number of aromatic hydroxyl groups is 1. The number of phenolic OH excluding ortho intramolecular Hbond substituents is 1. The third kappa shape index (κ3) is 9.02. The number of hydrogen-bond donors (Lipinski definition) is 1. The molecule has 5 rings (SSSR count). The Morgan fingerprint density at radius 1 is 0.812 bits per heavy atom. The molecule has 2 aliphatic rings. The van der Waals surface area contributed by atoms with E-state index in [2.05, 4.69) is 0 Å². The zero-order chi connectivity index (χ0) is 22.6. The number of benzene rings is 3. The van der Waals surface area contributed by atoms with Gasteiger partial charge in [-0.2, -0.15) is 0 Å². The number of para-hydroxylation sites is 1. The Morgan fingerprint density at radius 2 is 1.19 bits per heavy atom. The Kier molecular flexibility index (Phi) is 9.44. The van der Waals surface area contributed by atoms with E-state index in [0.29, 0.717) is 18.0 Å².